The number of benzene rings is 6. The molecule has 0 unspecified atom stereocenters. The summed E-state index contributed by atoms with van der Waals surface area (Å²) in [7, 11) is 3.12. The topological polar surface area (TPSA) is 231 Å². The quantitative estimate of drug-likeness (QED) is 0.0292. The Balaban J connectivity index is 0.543. The van der Waals surface area contributed by atoms with E-state index < -0.39 is 46.1 Å². The number of ether oxygens (including phenoxy) is 7. The number of hydrogen-bond acceptors (Lipinski definition) is 15. The van der Waals surface area contributed by atoms with Crippen molar-refractivity contribution in [2.45, 2.75) is 119 Å². The molecule has 1 aliphatic heterocycles. The zero-order chi connectivity index (χ0) is 64.6. The number of para-hydroxylation sites is 1. The van der Waals surface area contributed by atoms with Crippen LogP contribution in [0.25, 0.3) is 21.8 Å². The predicted octanol–water partition coefficient (Wildman–Crippen LogP) is 13.3. The molecular formula is C73H74F2N8O11. The van der Waals surface area contributed by atoms with E-state index in [1.54, 1.807) is 93.3 Å². The molecule has 2 aromatic heterocycles. The van der Waals surface area contributed by atoms with Crippen molar-refractivity contribution < 1.29 is 61.1 Å². The van der Waals surface area contributed by atoms with Crippen LogP contribution in [0.5, 0.6) is 46.0 Å². The van der Waals surface area contributed by atoms with Gasteiger partial charge >= 0.3 is 0 Å². The zero-order valence-electron chi connectivity index (χ0n) is 52.4. The fourth-order valence-corrected chi connectivity index (χ4v) is 13.0. The Hall–Kier alpha value is -9.44. The first-order chi connectivity index (χ1) is 45.7. The van der Waals surface area contributed by atoms with Crippen molar-refractivity contribution in [1.29, 1.82) is 0 Å². The summed E-state index contributed by atoms with van der Waals surface area (Å²) in [6, 6.07) is 36.2. The Labute approximate surface area is 542 Å². The van der Waals surface area contributed by atoms with Crippen LogP contribution in [0.4, 0.5) is 31.5 Å². The molecule has 8 aromatic rings. The van der Waals surface area contributed by atoms with E-state index in [0.29, 0.717) is 113 Å². The van der Waals surface area contributed by atoms with E-state index in [-0.39, 0.29) is 45.9 Å². The van der Waals surface area contributed by atoms with E-state index in [0.717, 1.165) is 89.1 Å². The Bertz CT molecular complexity index is 4200. The average Bonchev–Trinajstić information content (AvgIpc) is 1.56. The first-order valence-electron chi connectivity index (χ1n) is 32.4. The first kappa shape index (κ1) is 62.0. The standard InChI is InChI=1S/C73H74F2N8O11/c1-88-62-38-52-56(76-31-19-58(52)93-60-17-15-50(36-54(60)74)80-68(86)72(27-28-72)66(84)78-46-8-4-3-5-9-46)40-64(62)91-42-70(23-24-70)82-47-13-11-44(12-14-47)45-7-6-10-49(35-45)79-67(85)73(29-30-73)69(87)81-51-16-18-61(55(75)37-51)94-59-20-32-77-57-41-65(63(89-2)39-53(57)59)92-43-71(25-26-71)83-48-21-33-90-34-22-48/h3-10,15-20,31-32,35-41,44,47-48,82-83H,11-14,21-30,33-34,42-43H2,1-2H3,(H,78,84)(H,79,85)(H,80,86)(H,81,87). The monoisotopic (exact) mass is 1280 g/mol. The molecule has 6 N–H and O–H groups in total. The van der Waals surface area contributed by atoms with Crippen molar-refractivity contribution in [2.24, 2.45) is 10.8 Å². The summed E-state index contributed by atoms with van der Waals surface area (Å²) >= 11 is 0. The molecular weight excluding hydrogens is 1200 g/mol. The van der Waals surface area contributed by atoms with Crippen molar-refractivity contribution in [3.05, 3.63) is 157 Å². The van der Waals surface area contributed by atoms with Crippen LogP contribution in [0.2, 0.25) is 0 Å². The van der Waals surface area contributed by atoms with Gasteiger partial charge in [0, 0.05) is 95.5 Å². The maximum atomic E-state index is 15.9. The molecule has 486 valence electrons. The second-order valence-electron chi connectivity index (χ2n) is 26.0. The molecule has 21 heteroatoms. The first-order valence-corrected chi connectivity index (χ1v) is 32.4. The normalized spacial score (nSPS) is 19.4. The summed E-state index contributed by atoms with van der Waals surface area (Å²) in [5, 5.41) is 20.2. The van der Waals surface area contributed by atoms with Gasteiger partial charge in [-0.15, -0.1) is 0 Å². The largest absolute Gasteiger partial charge is 0.493 e. The molecule has 0 spiro atoms. The van der Waals surface area contributed by atoms with Crippen LogP contribution in [-0.4, -0.2) is 97.4 Å². The van der Waals surface area contributed by atoms with E-state index in [1.165, 1.54) is 24.3 Å². The van der Waals surface area contributed by atoms with Gasteiger partial charge in [-0.3, -0.25) is 29.1 Å². The summed E-state index contributed by atoms with van der Waals surface area (Å²) in [6.45, 7) is 2.42. The van der Waals surface area contributed by atoms with Crippen molar-refractivity contribution in [1.82, 2.24) is 20.6 Å². The number of halogens is 2. The molecule has 14 rings (SSSR count). The van der Waals surface area contributed by atoms with Crippen LogP contribution in [0.1, 0.15) is 101 Å². The van der Waals surface area contributed by atoms with Gasteiger partial charge in [-0.05, 0) is 174 Å². The number of rotatable bonds is 25. The Morgan fingerprint density at radius 2 is 0.904 bits per heavy atom. The van der Waals surface area contributed by atoms with E-state index >= 15 is 8.78 Å². The fourth-order valence-electron chi connectivity index (χ4n) is 13.0. The lowest BCUT2D eigenvalue weighted by Gasteiger charge is -2.33. The van der Waals surface area contributed by atoms with E-state index in [9.17, 15) is 19.2 Å². The third-order valence-corrected chi connectivity index (χ3v) is 19.4. The highest BCUT2D eigenvalue weighted by molar-refractivity contribution is 6.18. The number of nitrogens with one attached hydrogen (secondary N) is 6. The number of carbonyl (C=O) groups excluding carboxylic acids is 4. The zero-order valence-corrected chi connectivity index (χ0v) is 52.4. The van der Waals surface area contributed by atoms with Gasteiger partial charge in [-0.1, -0.05) is 30.3 Å². The number of amides is 4. The van der Waals surface area contributed by atoms with Crippen LogP contribution in [0, 0.1) is 22.5 Å². The predicted molar refractivity (Wildman–Crippen MR) is 350 cm³/mol. The average molecular weight is 1280 g/mol. The van der Waals surface area contributed by atoms with Crippen molar-refractivity contribution in [2.75, 3.05) is 61.9 Å². The molecule has 5 aliphatic carbocycles. The van der Waals surface area contributed by atoms with Crippen LogP contribution in [0.3, 0.4) is 0 Å². The molecule has 19 nitrogen and oxygen atoms in total. The van der Waals surface area contributed by atoms with Gasteiger partial charge in [0.2, 0.25) is 23.6 Å². The van der Waals surface area contributed by atoms with Crippen LogP contribution >= 0.6 is 0 Å². The second kappa shape index (κ2) is 25.8. The minimum atomic E-state index is -1.30. The van der Waals surface area contributed by atoms with Gasteiger partial charge in [0.05, 0.1) is 36.3 Å². The summed E-state index contributed by atoms with van der Waals surface area (Å²) in [5.74, 6) is -0.399. The van der Waals surface area contributed by atoms with Gasteiger partial charge in [-0.25, -0.2) is 8.78 Å². The molecule has 5 saturated carbocycles. The molecule has 0 radical (unpaired) electrons. The molecule has 4 amide bonds. The lowest BCUT2D eigenvalue weighted by Crippen LogP contribution is -2.46. The Morgan fingerprint density at radius 1 is 0.457 bits per heavy atom. The number of pyridine rings is 2. The van der Waals surface area contributed by atoms with Crippen molar-refractivity contribution >= 4 is 68.2 Å². The number of fused-ring (bicyclic) bond motifs is 2. The summed E-state index contributed by atoms with van der Waals surface area (Å²) < 4.78 is 73.7. The van der Waals surface area contributed by atoms with E-state index in [4.69, 9.17) is 33.2 Å². The van der Waals surface area contributed by atoms with E-state index in [2.05, 4.69) is 47.9 Å². The van der Waals surface area contributed by atoms with Crippen LogP contribution in [0.15, 0.2) is 140 Å². The van der Waals surface area contributed by atoms with Gasteiger partial charge in [0.15, 0.2) is 46.1 Å². The number of methoxy groups -OCH3 is 2. The molecule has 3 heterocycles. The minimum absolute atomic E-state index is 0.0621. The second-order valence-corrected chi connectivity index (χ2v) is 26.0. The number of aromatic nitrogens is 2. The van der Waals surface area contributed by atoms with Gasteiger partial charge < -0.3 is 65.1 Å². The highest BCUT2D eigenvalue weighted by Crippen LogP contribution is 2.50. The lowest BCUT2D eigenvalue weighted by molar-refractivity contribution is -0.132. The van der Waals surface area contributed by atoms with Crippen molar-refractivity contribution in [3.8, 4) is 46.0 Å². The highest BCUT2D eigenvalue weighted by atomic mass is 19.1. The number of anilines is 4. The lowest BCUT2D eigenvalue weighted by atomic mass is 9.81. The molecule has 6 aromatic carbocycles. The number of carbonyl (C=O) groups is 4. The SMILES string of the molecule is COc1cc2c(Oc3ccc(NC(=O)C4(C(=O)Nc5cccc(C6CCC(NC7(COc8cc9nccc(Oc%10ccc(NC(=O)C%11(C(=O)Nc%12ccccc%12)CC%11)cc%10F)c9cc8OC)CC7)CC6)c5)CC4)cc3F)ccnc2cc1OCC1(NC2CCOCC2)CC1. The maximum absolute atomic E-state index is 15.9. The van der Waals surface area contributed by atoms with Crippen molar-refractivity contribution in [3.63, 3.8) is 0 Å². The number of nitrogens with zero attached hydrogens (tertiary/aromatic N) is 2. The molecule has 1 saturated heterocycles. The van der Waals surface area contributed by atoms with Crippen LogP contribution in [-0.2, 0) is 23.9 Å². The smallest absolute Gasteiger partial charge is 0.240 e. The summed E-state index contributed by atoms with van der Waals surface area (Å²) in [4.78, 5) is 63.2. The summed E-state index contributed by atoms with van der Waals surface area (Å²) in [6.07, 6.45) is 14.3. The molecule has 6 fully saturated rings. The minimum Gasteiger partial charge on any atom is -0.493 e. The third-order valence-electron chi connectivity index (χ3n) is 19.4. The Kier molecular flexibility index (Phi) is 17.0. The Morgan fingerprint density at radius 3 is 1.35 bits per heavy atom. The molecule has 94 heavy (non-hydrogen) atoms. The van der Waals surface area contributed by atoms with E-state index in [1.807, 2.05) is 24.3 Å². The van der Waals surface area contributed by atoms with Gasteiger partial charge in [-0.2, -0.15) is 0 Å². The summed E-state index contributed by atoms with van der Waals surface area (Å²) in [5.41, 5.74) is 1.03. The fraction of sp³-hybridized carbons (Fsp3) is 0.370. The third kappa shape index (κ3) is 13.4. The van der Waals surface area contributed by atoms with Gasteiger partial charge in [0.25, 0.3) is 0 Å². The maximum Gasteiger partial charge on any atom is 0.240 e. The molecule has 0 bridgehead atoms. The van der Waals surface area contributed by atoms with Gasteiger partial charge in [0.1, 0.15) is 35.5 Å². The highest BCUT2D eigenvalue weighted by Gasteiger charge is 2.58. The van der Waals surface area contributed by atoms with Crippen LogP contribution < -0.4 is 60.3 Å². The number of hydrogen-bond donors (Lipinski definition) is 6. The molecule has 0 atom stereocenters. The molecule has 6 aliphatic rings.